The summed E-state index contributed by atoms with van der Waals surface area (Å²) in [6.45, 7) is 4.29. The monoisotopic (exact) mass is 272 g/mol. The molecular weight excluding hydrogens is 251 g/mol. The van der Waals surface area contributed by atoms with E-state index in [1.54, 1.807) is 6.07 Å². The van der Waals surface area contributed by atoms with Gasteiger partial charge in [-0.05, 0) is 29.4 Å². The first-order valence-corrected chi connectivity index (χ1v) is 7.01. The van der Waals surface area contributed by atoms with Crippen LogP contribution in [-0.2, 0) is 6.42 Å². The van der Waals surface area contributed by atoms with Gasteiger partial charge in [0.2, 0.25) is 0 Å². The molecule has 1 aromatic rings. The van der Waals surface area contributed by atoms with Crippen LogP contribution in [-0.4, -0.2) is 24.2 Å². The number of hydrogen-bond acceptors (Lipinski definition) is 4. The summed E-state index contributed by atoms with van der Waals surface area (Å²) in [6.07, 6.45) is 0.705. The van der Waals surface area contributed by atoms with Crippen LogP contribution in [0.4, 0.5) is 4.39 Å². The van der Waals surface area contributed by atoms with Crippen LogP contribution in [0.25, 0.3) is 0 Å². The molecule has 0 aliphatic carbocycles. The molecule has 0 saturated carbocycles. The van der Waals surface area contributed by atoms with E-state index in [9.17, 15) is 4.39 Å². The van der Waals surface area contributed by atoms with E-state index < -0.39 is 0 Å². The second-order valence-electron chi connectivity index (χ2n) is 4.42. The van der Waals surface area contributed by atoms with Gasteiger partial charge in [-0.2, -0.15) is 11.8 Å². The minimum atomic E-state index is -0.331. The quantitative estimate of drug-likeness (QED) is 0.591. The standard InChI is InChI=1S/C13H21FN2OS/c1-9(2)18-8-11(16-15)6-10-4-5-13(17-3)12(14)7-10/h4-5,7,9,11,16H,6,8,15H2,1-3H3. The van der Waals surface area contributed by atoms with Crippen LogP contribution >= 0.6 is 11.8 Å². The maximum Gasteiger partial charge on any atom is 0.165 e. The van der Waals surface area contributed by atoms with Gasteiger partial charge in [-0.15, -0.1) is 0 Å². The zero-order chi connectivity index (χ0) is 13.5. The summed E-state index contributed by atoms with van der Waals surface area (Å²) < 4.78 is 18.4. The molecule has 0 spiro atoms. The Labute approximate surface area is 112 Å². The summed E-state index contributed by atoms with van der Waals surface area (Å²) in [5, 5.41) is 0.563. The van der Waals surface area contributed by atoms with Gasteiger partial charge in [0, 0.05) is 11.8 Å². The van der Waals surface area contributed by atoms with Crippen LogP contribution in [0, 0.1) is 5.82 Å². The number of rotatable bonds is 7. The second-order valence-corrected chi connectivity index (χ2v) is 6.03. The average Bonchev–Trinajstić information content (AvgIpc) is 2.34. The molecule has 1 atom stereocenters. The van der Waals surface area contributed by atoms with Gasteiger partial charge in [0.05, 0.1) is 7.11 Å². The van der Waals surface area contributed by atoms with Crippen molar-refractivity contribution in [1.82, 2.24) is 5.43 Å². The Bertz CT molecular complexity index is 374. The molecule has 0 fully saturated rings. The lowest BCUT2D eigenvalue weighted by Gasteiger charge is -2.17. The number of halogens is 1. The third-order valence-corrected chi connectivity index (χ3v) is 3.83. The summed E-state index contributed by atoms with van der Waals surface area (Å²) in [6, 6.07) is 5.16. The van der Waals surface area contributed by atoms with Gasteiger partial charge >= 0.3 is 0 Å². The van der Waals surface area contributed by atoms with E-state index in [-0.39, 0.29) is 17.6 Å². The van der Waals surface area contributed by atoms with Gasteiger partial charge in [-0.25, -0.2) is 4.39 Å². The van der Waals surface area contributed by atoms with Crippen molar-refractivity contribution in [3.05, 3.63) is 29.6 Å². The maximum atomic E-state index is 13.5. The van der Waals surface area contributed by atoms with Gasteiger partial charge in [0.15, 0.2) is 11.6 Å². The van der Waals surface area contributed by atoms with Crippen molar-refractivity contribution in [1.29, 1.82) is 0 Å². The normalized spacial score (nSPS) is 12.8. The molecule has 18 heavy (non-hydrogen) atoms. The summed E-state index contributed by atoms with van der Waals surface area (Å²) >= 11 is 1.83. The summed E-state index contributed by atoms with van der Waals surface area (Å²) in [4.78, 5) is 0. The summed E-state index contributed by atoms with van der Waals surface area (Å²) in [5.74, 6) is 6.36. The number of thioether (sulfide) groups is 1. The number of hydrogen-bond donors (Lipinski definition) is 2. The van der Waals surface area contributed by atoms with Gasteiger partial charge < -0.3 is 4.74 Å². The molecule has 1 aromatic carbocycles. The molecule has 1 rings (SSSR count). The van der Waals surface area contributed by atoms with Crippen molar-refractivity contribution in [3.8, 4) is 5.75 Å². The van der Waals surface area contributed by atoms with E-state index in [0.29, 0.717) is 11.7 Å². The number of ether oxygens (including phenoxy) is 1. The minimum absolute atomic E-state index is 0.144. The van der Waals surface area contributed by atoms with E-state index in [1.807, 2.05) is 17.8 Å². The SMILES string of the molecule is COc1ccc(CC(CSC(C)C)NN)cc1F. The van der Waals surface area contributed by atoms with Crippen LogP contribution in [0.15, 0.2) is 18.2 Å². The summed E-state index contributed by atoms with van der Waals surface area (Å²) in [5.41, 5.74) is 3.70. The number of nitrogens with two attached hydrogens (primary N) is 1. The highest BCUT2D eigenvalue weighted by Gasteiger charge is 2.11. The molecule has 0 heterocycles. The first-order valence-electron chi connectivity index (χ1n) is 5.97. The van der Waals surface area contributed by atoms with Crippen molar-refractivity contribution in [2.45, 2.75) is 31.6 Å². The molecule has 0 aromatic heterocycles. The lowest BCUT2D eigenvalue weighted by atomic mass is 10.1. The largest absolute Gasteiger partial charge is 0.494 e. The molecule has 3 nitrogen and oxygen atoms in total. The third-order valence-electron chi connectivity index (χ3n) is 2.56. The van der Waals surface area contributed by atoms with Gasteiger partial charge in [-0.3, -0.25) is 11.3 Å². The number of benzene rings is 1. The number of hydrazine groups is 1. The van der Waals surface area contributed by atoms with Crippen molar-refractivity contribution >= 4 is 11.8 Å². The van der Waals surface area contributed by atoms with E-state index in [4.69, 9.17) is 10.6 Å². The van der Waals surface area contributed by atoms with Gasteiger partial charge in [0.1, 0.15) is 0 Å². The van der Waals surface area contributed by atoms with Crippen LogP contribution in [0.1, 0.15) is 19.4 Å². The molecule has 1 unspecified atom stereocenters. The maximum absolute atomic E-state index is 13.5. The Morgan fingerprint density at radius 1 is 1.44 bits per heavy atom. The Balaban J connectivity index is 2.61. The van der Waals surface area contributed by atoms with Crippen LogP contribution < -0.4 is 16.0 Å². The smallest absolute Gasteiger partial charge is 0.165 e. The average molecular weight is 272 g/mol. The molecule has 3 N–H and O–H groups in total. The lowest BCUT2D eigenvalue weighted by molar-refractivity contribution is 0.386. The number of nitrogens with one attached hydrogen (secondary N) is 1. The zero-order valence-corrected chi connectivity index (χ0v) is 11.9. The molecule has 5 heteroatoms. The fourth-order valence-corrected chi connectivity index (χ4v) is 2.43. The Morgan fingerprint density at radius 3 is 2.67 bits per heavy atom. The highest BCUT2D eigenvalue weighted by atomic mass is 32.2. The summed E-state index contributed by atoms with van der Waals surface area (Å²) in [7, 11) is 1.46. The fraction of sp³-hybridized carbons (Fsp3) is 0.538. The predicted molar refractivity (Wildman–Crippen MR) is 75.4 cm³/mol. The van der Waals surface area contributed by atoms with Crippen LogP contribution in [0.2, 0.25) is 0 Å². The zero-order valence-electron chi connectivity index (χ0n) is 11.1. The van der Waals surface area contributed by atoms with Gasteiger partial charge in [-0.1, -0.05) is 19.9 Å². The molecular formula is C13H21FN2OS. The van der Waals surface area contributed by atoms with E-state index in [2.05, 4.69) is 19.3 Å². The van der Waals surface area contributed by atoms with Crippen molar-refractivity contribution < 1.29 is 9.13 Å². The van der Waals surface area contributed by atoms with Crippen LogP contribution in [0.3, 0.4) is 0 Å². The first kappa shape index (κ1) is 15.3. The second kappa shape index (κ2) is 7.61. The van der Waals surface area contributed by atoms with Crippen molar-refractivity contribution in [3.63, 3.8) is 0 Å². The van der Waals surface area contributed by atoms with E-state index >= 15 is 0 Å². The van der Waals surface area contributed by atoms with Crippen molar-refractivity contribution in [2.75, 3.05) is 12.9 Å². The van der Waals surface area contributed by atoms with Gasteiger partial charge in [0.25, 0.3) is 0 Å². The molecule has 0 aliphatic rings. The molecule has 0 amide bonds. The minimum Gasteiger partial charge on any atom is -0.494 e. The molecule has 0 bridgehead atoms. The fourth-order valence-electron chi connectivity index (χ4n) is 1.60. The predicted octanol–water partition coefficient (Wildman–Crippen LogP) is 2.35. The highest BCUT2D eigenvalue weighted by Crippen LogP contribution is 2.19. The molecule has 0 saturated heterocycles. The van der Waals surface area contributed by atoms with Crippen LogP contribution in [0.5, 0.6) is 5.75 Å². The third kappa shape index (κ3) is 4.84. The van der Waals surface area contributed by atoms with E-state index in [0.717, 1.165) is 11.3 Å². The van der Waals surface area contributed by atoms with Crippen molar-refractivity contribution in [2.24, 2.45) is 5.84 Å². The molecule has 0 radical (unpaired) electrons. The topological polar surface area (TPSA) is 47.3 Å². The number of methoxy groups -OCH3 is 1. The van der Waals surface area contributed by atoms with E-state index in [1.165, 1.54) is 13.2 Å². The Hall–Kier alpha value is -0.780. The first-order chi connectivity index (χ1) is 8.56. The Morgan fingerprint density at radius 2 is 2.17 bits per heavy atom. The molecule has 0 aliphatic heterocycles. The Kier molecular flexibility index (Phi) is 6.46. The lowest BCUT2D eigenvalue weighted by Crippen LogP contribution is -2.39. The molecule has 102 valence electrons. The highest BCUT2D eigenvalue weighted by molar-refractivity contribution is 7.99.